The molecule has 0 aromatic heterocycles. The summed E-state index contributed by atoms with van der Waals surface area (Å²) in [4.78, 5) is 0. The minimum Gasteiger partial charge on any atom is -0.483 e. The van der Waals surface area contributed by atoms with Crippen molar-refractivity contribution >= 4 is 12.4 Å². The first-order valence-electron chi connectivity index (χ1n) is 10.9. The van der Waals surface area contributed by atoms with Crippen LogP contribution in [0.3, 0.4) is 0 Å². The monoisotopic (exact) mass is 447 g/mol. The fraction of sp³-hybridized carbons (Fsp3) is 0.520. The van der Waals surface area contributed by atoms with E-state index in [1.165, 1.54) is 0 Å². The van der Waals surface area contributed by atoms with Gasteiger partial charge in [0.15, 0.2) is 11.5 Å². The van der Waals surface area contributed by atoms with Gasteiger partial charge < -0.3 is 25.0 Å². The topological polar surface area (TPSA) is 71.0 Å². The van der Waals surface area contributed by atoms with Crippen LogP contribution in [-0.4, -0.2) is 41.1 Å². The molecule has 0 saturated carbocycles. The molecule has 170 valence electrons. The van der Waals surface area contributed by atoms with Crippen molar-refractivity contribution in [2.75, 3.05) is 13.2 Å². The lowest BCUT2D eigenvalue weighted by Gasteiger charge is -2.45. The number of nitrogens with one attached hydrogen (secondary N) is 1. The van der Waals surface area contributed by atoms with Crippen LogP contribution in [-0.2, 0) is 12.0 Å². The van der Waals surface area contributed by atoms with Gasteiger partial charge in [0.2, 0.25) is 0 Å². The third kappa shape index (κ3) is 4.85. The molecule has 0 bridgehead atoms. The second-order valence-electron chi connectivity index (χ2n) is 9.29. The molecule has 2 aromatic rings. The number of para-hydroxylation sites is 1. The summed E-state index contributed by atoms with van der Waals surface area (Å²) in [5, 5.41) is 24.8. The maximum absolute atomic E-state index is 11.9. The highest BCUT2D eigenvalue weighted by Crippen LogP contribution is 2.44. The molecule has 1 saturated heterocycles. The van der Waals surface area contributed by atoms with Crippen molar-refractivity contribution in [3.63, 3.8) is 0 Å². The fourth-order valence-corrected chi connectivity index (χ4v) is 4.74. The summed E-state index contributed by atoms with van der Waals surface area (Å²) >= 11 is 0. The van der Waals surface area contributed by atoms with Crippen molar-refractivity contribution in [1.29, 1.82) is 0 Å². The van der Waals surface area contributed by atoms with Gasteiger partial charge in [0.25, 0.3) is 0 Å². The molecule has 2 aromatic carbocycles. The molecule has 2 aliphatic heterocycles. The van der Waals surface area contributed by atoms with Crippen LogP contribution < -0.4 is 14.8 Å². The number of aryl methyl sites for hydroxylation is 1. The van der Waals surface area contributed by atoms with Gasteiger partial charge in [-0.05, 0) is 58.2 Å². The first kappa shape index (κ1) is 23.9. The number of aliphatic hydroxyl groups excluding tert-OH is 1. The number of halogens is 1. The van der Waals surface area contributed by atoms with Crippen molar-refractivity contribution in [3.05, 3.63) is 59.2 Å². The second kappa shape index (κ2) is 9.37. The first-order valence-corrected chi connectivity index (χ1v) is 10.9. The molecule has 3 atom stereocenters. The van der Waals surface area contributed by atoms with Gasteiger partial charge in [-0.25, -0.2) is 0 Å². The lowest BCUT2D eigenvalue weighted by Crippen LogP contribution is -2.60. The Hall–Kier alpha value is -1.79. The number of fused-ring (bicyclic) bond motifs is 1. The van der Waals surface area contributed by atoms with Crippen LogP contribution in [0.25, 0.3) is 0 Å². The average molecular weight is 448 g/mol. The zero-order valence-electron chi connectivity index (χ0n) is 18.6. The standard InChI is InChI=1S/C25H33NO4.ClH/c1-17-9-11-19(12-10-17)25(28)13-14-26-20(7-5-15-27)23(25)29-21-8-4-6-18-16-24(2,3)30-22(18)21;/h4,6,8-12,20,23,26-28H,5,7,13-16H2,1-3H3;1H. The molecule has 0 radical (unpaired) electrons. The third-order valence-corrected chi connectivity index (χ3v) is 6.28. The maximum atomic E-state index is 11.9. The summed E-state index contributed by atoms with van der Waals surface area (Å²) in [6, 6.07) is 14.0. The fourth-order valence-electron chi connectivity index (χ4n) is 4.74. The molecule has 0 spiro atoms. The highest BCUT2D eigenvalue weighted by atomic mass is 35.5. The predicted octanol–water partition coefficient (Wildman–Crippen LogP) is 3.90. The van der Waals surface area contributed by atoms with Gasteiger partial charge in [-0.3, -0.25) is 0 Å². The number of ether oxygens (including phenoxy) is 2. The van der Waals surface area contributed by atoms with Gasteiger partial charge in [0.05, 0.1) is 0 Å². The van der Waals surface area contributed by atoms with Crippen LogP contribution in [0.4, 0.5) is 0 Å². The Bertz CT molecular complexity index is 886. The van der Waals surface area contributed by atoms with Gasteiger partial charge in [-0.15, -0.1) is 12.4 Å². The number of piperidine rings is 1. The summed E-state index contributed by atoms with van der Waals surface area (Å²) in [5.41, 5.74) is 1.75. The van der Waals surface area contributed by atoms with Gasteiger partial charge in [0, 0.05) is 24.6 Å². The Kier molecular flexibility index (Phi) is 7.21. The van der Waals surface area contributed by atoms with E-state index >= 15 is 0 Å². The van der Waals surface area contributed by atoms with Crippen LogP contribution in [0, 0.1) is 6.92 Å². The Morgan fingerprint density at radius 1 is 1.16 bits per heavy atom. The third-order valence-electron chi connectivity index (χ3n) is 6.28. The molecular weight excluding hydrogens is 414 g/mol. The van der Waals surface area contributed by atoms with Gasteiger partial charge in [-0.2, -0.15) is 0 Å². The summed E-state index contributed by atoms with van der Waals surface area (Å²) in [5.74, 6) is 1.45. The zero-order chi connectivity index (χ0) is 21.4. The number of aliphatic hydroxyl groups is 2. The summed E-state index contributed by atoms with van der Waals surface area (Å²) in [7, 11) is 0. The lowest BCUT2D eigenvalue weighted by molar-refractivity contribution is -0.107. The molecular formula is C25H34ClNO4. The van der Waals surface area contributed by atoms with Crippen molar-refractivity contribution in [3.8, 4) is 11.5 Å². The van der Waals surface area contributed by atoms with E-state index in [2.05, 4.69) is 25.2 Å². The van der Waals surface area contributed by atoms with Crippen molar-refractivity contribution in [1.82, 2.24) is 5.32 Å². The van der Waals surface area contributed by atoms with E-state index < -0.39 is 11.7 Å². The summed E-state index contributed by atoms with van der Waals surface area (Å²) in [6.07, 6.45) is 2.25. The number of benzene rings is 2. The van der Waals surface area contributed by atoms with Gasteiger partial charge in [0.1, 0.15) is 17.3 Å². The largest absolute Gasteiger partial charge is 0.483 e. The maximum Gasteiger partial charge on any atom is 0.165 e. The van der Waals surface area contributed by atoms with E-state index in [1.807, 2.05) is 43.3 Å². The van der Waals surface area contributed by atoms with E-state index in [9.17, 15) is 10.2 Å². The molecule has 6 heteroatoms. The molecule has 2 heterocycles. The molecule has 4 rings (SSSR count). The zero-order valence-corrected chi connectivity index (χ0v) is 19.4. The van der Waals surface area contributed by atoms with Gasteiger partial charge >= 0.3 is 0 Å². The quantitative estimate of drug-likeness (QED) is 0.626. The highest BCUT2D eigenvalue weighted by Gasteiger charge is 2.48. The van der Waals surface area contributed by atoms with Crippen molar-refractivity contribution in [2.24, 2.45) is 0 Å². The number of hydrogen-bond donors (Lipinski definition) is 3. The summed E-state index contributed by atoms with van der Waals surface area (Å²) in [6.45, 7) is 7.00. The van der Waals surface area contributed by atoms with E-state index in [-0.39, 0.29) is 30.7 Å². The first-order chi connectivity index (χ1) is 14.3. The van der Waals surface area contributed by atoms with E-state index in [0.717, 1.165) is 35.3 Å². The number of hydrogen-bond acceptors (Lipinski definition) is 5. The molecule has 31 heavy (non-hydrogen) atoms. The molecule has 0 amide bonds. The molecule has 2 aliphatic rings. The summed E-state index contributed by atoms with van der Waals surface area (Å²) < 4.78 is 12.8. The molecule has 3 N–H and O–H groups in total. The predicted molar refractivity (Wildman–Crippen MR) is 124 cm³/mol. The Balaban J connectivity index is 0.00000272. The Labute approximate surface area is 191 Å². The van der Waals surface area contributed by atoms with E-state index in [0.29, 0.717) is 25.1 Å². The van der Waals surface area contributed by atoms with Crippen molar-refractivity contribution in [2.45, 2.75) is 69.8 Å². The van der Waals surface area contributed by atoms with E-state index in [1.54, 1.807) is 0 Å². The van der Waals surface area contributed by atoms with Crippen LogP contribution in [0.5, 0.6) is 11.5 Å². The van der Waals surface area contributed by atoms with Crippen LogP contribution in [0.1, 0.15) is 49.8 Å². The highest BCUT2D eigenvalue weighted by molar-refractivity contribution is 5.85. The van der Waals surface area contributed by atoms with Crippen LogP contribution >= 0.6 is 12.4 Å². The SMILES string of the molecule is Cc1ccc(C2(O)CCNC(CCCO)C2Oc2cccc3c2OC(C)(C)C3)cc1.Cl. The normalized spacial score (nSPS) is 26.5. The average Bonchev–Trinajstić information content (AvgIpc) is 3.03. The molecule has 1 fully saturated rings. The van der Waals surface area contributed by atoms with Gasteiger partial charge in [-0.1, -0.05) is 42.0 Å². The number of rotatable bonds is 6. The Morgan fingerprint density at radius 2 is 1.90 bits per heavy atom. The van der Waals surface area contributed by atoms with Crippen LogP contribution in [0.15, 0.2) is 42.5 Å². The van der Waals surface area contributed by atoms with E-state index in [4.69, 9.17) is 9.47 Å². The minimum absolute atomic E-state index is 0. The minimum atomic E-state index is -1.13. The Morgan fingerprint density at radius 3 is 2.61 bits per heavy atom. The lowest BCUT2D eigenvalue weighted by atomic mass is 9.77. The smallest absolute Gasteiger partial charge is 0.165 e. The van der Waals surface area contributed by atoms with Crippen LogP contribution in [0.2, 0.25) is 0 Å². The second-order valence-corrected chi connectivity index (χ2v) is 9.29. The molecule has 3 unspecified atom stereocenters. The molecule has 0 aliphatic carbocycles. The van der Waals surface area contributed by atoms with Crippen molar-refractivity contribution < 1.29 is 19.7 Å². The molecule has 5 nitrogen and oxygen atoms in total.